The van der Waals surface area contributed by atoms with Gasteiger partial charge in [-0.3, -0.25) is 9.59 Å². The molecule has 0 unspecified atom stereocenters. The molecule has 4 nitrogen and oxygen atoms in total. The summed E-state index contributed by atoms with van der Waals surface area (Å²) in [7, 11) is 0. The Morgan fingerprint density at radius 2 is 1.77 bits per heavy atom. The number of carbonyl (C=O) groups excluding carboxylic acids is 2. The Bertz CT molecular complexity index is 794. The Balaban J connectivity index is 1.97. The molecule has 0 saturated carbocycles. The molecule has 0 radical (unpaired) electrons. The number of anilines is 1. The summed E-state index contributed by atoms with van der Waals surface area (Å²) in [6.45, 7) is 3.33. The van der Waals surface area contributed by atoms with Gasteiger partial charge in [0.15, 0.2) is 6.61 Å². The fourth-order valence-electron chi connectivity index (χ4n) is 2.46. The fraction of sp³-hybridized carbons (Fsp3) is 0.263. The number of esters is 1. The Hall–Kier alpha value is -2.11. The lowest BCUT2D eigenvalue weighted by Crippen LogP contribution is -2.26. The molecular weight excluding hydrogens is 380 g/mol. The van der Waals surface area contributed by atoms with Gasteiger partial charge >= 0.3 is 5.97 Å². The van der Waals surface area contributed by atoms with E-state index < -0.39 is 30.2 Å². The molecule has 2 aromatic carbocycles. The zero-order valence-corrected chi connectivity index (χ0v) is 15.8. The van der Waals surface area contributed by atoms with Crippen LogP contribution in [0.2, 0.25) is 10.0 Å². The van der Waals surface area contributed by atoms with Crippen LogP contribution in [0.4, 0.5) is 10.1 Å². The van der Waals surface area contributed by atoms with Gasteiger partial charge in [-0.2, -0.15) is 0 Å². The first-order valence-electron chi connectivity index (χ1n) is 7.95. The van der Waals surface area contributed by atoms with Crippen molar-refractivity contribution in [2.45, 2.75) is 19.8 Å². The van der Waals surface area contributed by atoms with Crippen molar-refractivity contribution in [1.82, 2.24) is 0 Å². The van der Waals surface area contributed by atoms with E-state index >= 15 is 0 Å². The van der Waals surface area contributed by atoms with Gasteiger partial charge in [-0.25, -0.2) is 4.39 Å². The van der Waals surface area contributed by atoms with Crippen molar-refractivity contribution >= 4 is 40.8 Å². The van der Waals surface area contributed by atoms with Gasteiger partial charge in [-0.05, 0) is 41.8 Å². The van der Waals surface area contributed by atoms with Crippen LogP contribution < -0.4 is 5.32 Å². The first-order chi connectivity index (χ1) is 12.3. The molecule has 2 aromatic rings. The zero-order chi connectivity index (χ0) is 19.3. The highest BCUT2D eigenvalue weighted by Gasteiger charge is 2.26. The number of hydrogen-bond acceptors (Lipinski definition) is 3. The second-order valence-corrected chi connectivity index (χ2v) is 6.90. The van der Waals surface area contributed by atoms with E-state index in [1.165, 1.54) is 12.1 Å². The number of ether oxygens (including phenoxy) is 1. The fourth-order valence-corrected chi connectivity index (χ4v) is 2.77. The second-order valence-electron chi connectivity index (χ2n) is 6.06. The number of benzene rings is 2. The van der Waals surface area contributed by atoms with Crippen LogP contribution in [0, 0.1) is 11.7 Å². The average Bonchev–Trinajstić information content (AvgIpc) is 2.58. The molecule has 1 atom stereocenters. The number of halogens is 3. The molecule has 1 amide bonds. The van der Waals surface area contributed by atoms with Crippen molar-refractivity contribution in [3.05, 3.63) is 63.9 Å². The lowest BCUT2D eigenvalue weighted by atomic mass is 9.88. The largest absolute Gasteiger partial charge is 0.455 e. The van der Waals surface area contributed by atoms with E-state index in [1.807, 2.05) is 13.8 Å². The smallest absolute Gasteiger partial charge is 0.314 e. The maximum Gasteiger partial charge on any atom is 0.314 e. The van der Waals surface area contributed by atoms with E-state index in [0.29, 0.717) is 10.7 Å². The summed E-state index contributed by atoms with van der Waals surface area (Å²) in [5.74, 6) is -2.17. The van der Waals surface area contributed by atoms with Crippen molar-refractivity contribution in [2.24, 2.45) is 5.92 Å². The molecule has 0 aromatic heterocycles. The van der Waals surface area contributed by atoms with Gasteiger partial charge in [0, 0.05) is 10.7 Å². The summed E-state index contributed by atoms with van der Waals surface area (Å²) in [4.78, 5) is 24.4. The van der Waals surface area contributed by atoms with E-state index in [-0.39, 0.29) is 10.9 Å². The molecule has 0 aliphatic rings. The van der Waals surface area contributed by atoms with Gasteiger partial charge in [-0.1, -0.05) is 49.2 Å². The molecule has 0 aliphatic carbocycles. The number of hydrogen-bond donors (Lipinski definition) is 1. The van der Waals surface area contributed by atoms with Crippen molar-refractivity contribution in [3.8, 4) is 0 Å². The molecule has 0 heterocycles. The van der Waals surface area contributed by atoms with Gasteiger partial charge in [0.2, 0.25) is 0 Å². The molecule has 2 rings (SSSR count). The molecule has 1 N–H and O–H groups in total. The van der Waals surface area contributed by atoms with Gasteiger partial charge in [-0.15, -0.1) is 0 Å². The van der Waals surface area contributed by atoms with Crippen LogP contribution in [0.5, 0.6) is 0 Å². The normalized spacial score (nSPS) is 11.9. The first-order valence-corrected chi connectivity index (χ1v) is 8.70. The number of amides is 1. The van der Waals surface area contributed by atoms with E-state index in [1.54, 1.807) is 24.3 Å². The maximum absolute atomic E-state index is 13.1. The molecule has 0 fully saturated rings. The highest BCUT2D eigenvalue weighted by Crippen LogP contribution is 2.27. The summed E-state index contributed by atoms with van der Waals surface area (Å²) >= 11 is 11.5. The monoisotopic (exact) mass is 397 g/mol. The van der Waals surface area contributed by atoms with Crippen molar-refractivity contribution in [1.29, 1.82) is 0 Å². The van der Waals surface area contributed by atoms with Crippen LogP contribution in [0.25, 0.3) is 0 Å². The highest BCUT2D eigenvalue weighted by atomic mass is 35.5. The number of rotatable bonds is 6. The topological polar surface area (TPSA) is 55.4 Å². The summed E-state index contributed by atoms with van der Waals surface area (Å²) in [6, 6.07) is 10.7. The van der Waals surface area contributed by atoms with Crippen molar-refractivity contribution in [3.63, 3.8) is 0 Å². The Labute approximate surface area is 161 Å². The van der Waals surface area contributed by atoms with Crippen LogP contribution in [0.3, 0.4) is 0 Å². The molecule has 0 bridgehead atoms. The molecule has 138 valence electrons. The third-order valence-electron chi connectivity index (χ3n) is 3.70. The Kier molecular flexibility index (Phi) is 7.00. The molecular formula is C19H18Cl2FNO3. The summed E-state index contributed by atoms with van der Waals surface area (Å²) in [5, 5.41) is 2.96. The SMILES string of the molecule is CC(C)[C@H](C(=O)OCC(=O)Nc1ccc(F)c(Cl)c1)c1ccc(Cl)cc1. The third kappa shape index (κ3) is 5.44. The molecule has 26 heavy (non-hydrogen) atoms. The maximum atomic E-state index is 13.1. The summed E-state index contributed by atoms with van der Waals surface area (Å²) in [5.41, 5.74) is 1.08. The minimum Gasteiger partial charge on any atom is -0.455 e. The van der Waals surface area contributed by atoms with Crippen molar-refractivity contribution in [2.75, 3.05) is 11.9 Å². The van der Waals surface area contributed by atoms with E-state index in [2.05, 4.69) is 5.32 Å². The first kappa shape index (κ1) is 20.2. The lowest BCUT2D eigenvalue weighted by Gasteiger charge is -2.20. The van der Waals surface area contributed by atoms with E-state index in [4.69, 9.17) is 27.9 Å². The quantitative estimate of drug-likeness (QED) is 0.693. The predicted octanol–water partition coefficient (Wildman–Crippen LogP) is 5.05. The average molecular weight is 398 g/mol. The Morgan fingerprint density at radius 1 is 1.12 bits per heavy atom. The molecule has 0 aliphatic heterocycles. The lowest BCUT2D eigenvalue weighted by molar-refractivity contribution is -0.149. The van der Waals surface area contributed by atoms with Crippen LogP contribution in [-0.4, -0.2) is 18.5 Å². The minimum atomic E-state index is -0.584. The minimum absolute atomic E-state index is 0.0253. The van der Waals surface area contributed by atoms with Gasteiger partial charge in [0.25, 0.3) is 5.91 Å². The molecule has 0 spiro atoms. The standard InChI is InChI=1S/C19H18Cl2FNO3/c1-11(2)18(12-3-5-13(20)6-4-12)19(25)26-10-17(24)23-14-7-8-16(22)15(21)9-14/h3-9,11,18H,10H2,1-2H3,(H,23,24)/t18-/m0/s1. The molecule has 0 saturated heterocycles. The van der Waals surface area contributed by atoms with Crippen LogP contribution in [0.15, 0.2) is 42.5 Å². The number of carbonyl (C=O) groups is 2. The van der Waals surface area contributed by atoms with Crippen LogP contribution >= 0.6 is 23.2 Å². The summed E-state index contributed by atoms with van der Waals surface area (Å²) < 4.78 is 18.3. The number of nitrogens with one attached hydrogen (secondary N) is 1. The second kappa shape index (κ2) is 9.01. The van der Waals surface area contributed by atoms with Crippen LogP contribution in [0.1, 0.15) is 25.3 Å². The molecule has 7 heteroatoms. The third-order valence-corrected chi connectivity index (χ3v) is 4.24. The van der Waals surface area contributed by atoms with E-state index in [0.717, 1.165) is 11.6 Å². The van der Waals surface area contributed by atoms with Gasteiger partial charge < -0.3 is 10.1 Å². The van der Waals surface area contributed by atoms with Gasteiger partial charge in [0.1, 0.15) is 5.82 Å². The van der Waals surface area contributed by atoms with Gasteiger partial charge in [0.05, 0.1) is 10.9 Å². The zero-order valence-electron chi connectivity index (χ0n) is 14.3. The van der Waals surface area contributed by atoms with Crippen LogP contribution in [-0.2, 0) is 14.3 Å². The Morgan fingerprint density at radius 3 is 2.35 bits per heavy atom. The summed E-state index contributed by atoms with van der Waals surface area (Å²) in [6.07, 6.45) is 0. The predicted molar refractivity (Wildman–Crippen MR) is 100 cm³/mol. The van der Waals surface area contributed by atoms with E-state index in [9.17, 15) is 14.0 Å². The van der Waals surface area contributed by atoms with Crippen molar-refractivity contribution < 1.29 is 18.7 Å². The highest BCUT2D eigenvalue weighted by molar-refractivity contribution is 6.31.